The van der Waals surface area contributed by atoms with Crippen molar-refractivity contribution >= 4 is 22.2 Å². The zero-order chi connectivity index (χ0) is 13.7. The molecule has 0 N–H and O–H groups in total. The van der Waals surface area contributed by atoms with Gasteiger partial charge >= 0.3 is 6.36 Å². The molecule has 0 amide bonds. The van der Waals surface area contributed by atoms with Crippen LogP contribution in [0.3, 0.4) is 0 Å². The van der Waals surface area contributed by atoms with E-state index in [1.807, 2.05) is 6.92 Å². The van der Waals surface area contributed by atoms with Gasteiger partial charge in [0.25, 0.3) is 0 Å². The van der Waals surface area contributed by atoms with Gasteiger partial charge in [-0.3, -0.25) is 4.74 Å². The Balaban J connectivity index is 4.19. The van der Waals surface area contributed by atoms with Crippen molar-refractivity contribution in [3.63, 3.8) is 0 Å². The van der Waals surface area contributed by atoms with Gasteiger partial charge in [0.1, 0.15) is 6.29 Å². The topological polar surface area (TPSA) is 26.3 Å². The molecule has 0 aromatic rings. The number of carbonyl (C=O) groups is 1. The van der Waals surface area contributed by atoms with E-state index in [4.69, 9.17) is 0 Å². The quantitative estimate of drug-likeness (QED) is 0.522. The second-order valence-electron chi connectivity index (χ2n) is 4.70. The van der Waals surface area contributed by atoms with E-state index < -0.39 is 16.8 Å². The molecule has 17 heavy (non-hydrogen) atoms. The second kappa shape index (κ2) is 6.73. The maximum absolute atomic E-state index is 12.1. The van der Waals surface area contributed by atoms with Crippen molar-refractivity contribution < 1.29 is 22.7 Å². The Morgan fingerprint density at radius 1 is 1.29 bits per heavy atom. The summed E-state index contributed by atoms with van der Waals surface area (Å²) in [5.74, 6) is 0.175. The molecule has 6 heteroatoms. The first kappa shape index (κ1) is 16.9. The summed E-state index contributed by atoms with van der Waals surface area (Å²) >= 11 is 3.22. The maximum atomic E-state index is 12.1. The minimum absolute atomic E-state index is 0.175. The van der Waals surface area contributed by atoms with Gasteiger partial charge in [-0.05, 0) is 32.6 Å². The van der Waals surface area contributed by atoms with Crippen LogP contribution in [0.5, 0.6) is 0 Å². The molecule has 0 aliphatic rings. The number of hydrogen-bond donors (Lipinski definition) is 0. The molecule has 0 bridgehead atoms. The number of rotatable bonds is 7. The highest BCUT2D eigenvalue weighted by atomic mass is 79.9. The van der Waals surface area contributed by atoms with Crippen LogP contribution < -0.4 is 0 Å². The summed E-state index contributed by atoms with van der Waals surface area (Å²) in [6.07, 6.45) is -2.17. The highest BCUT2D eigenvalue weighted by molar-refractivity contribution is 9.09. The number of halogens is 4. The monoisotopic (exact) mass is 318 g/mol. The van der Waals surface area contributed by atoms with Gasteiger partial charge < -0.3 is 4.79 Å². The molecule has 0 heterocycles. The number of alkyl halides is 4. The average molecular weight is 319 g/mol. The van der Waals surface area contributed by atoms with Crippen LogP contribution in [0.1, 0.15) is 40.0 Å². The van der Waals surface area contributed by atoms with Crippen molar-refractivity contribution in [2.75, 3.05) is 0 Å². The lowest BCUT2D eigenvalue weighted by molar-refractivity contribution is -0.360. The third kappa shape index (κ3) is 7.76. The minimum atomic E-state index is -4.63. The van der Waals surface area contributed by atoms with Gasteiger partial charge in [-0.1, -0.05) is 22.9 Å². The summed E-state index contributed by atoms with van der Waals surface area (Å²) in [6, 6.07) is 0. The average Bonchev–Trinajstić information content (AvgIpc) is 2.10. The molecule has 0 saturated heterocycles. The molecule has 2 atom stereocenters. The first-order chi connectivity index (χ1) is 7.58. The van der Waals surface area contributed by atoms with Crippen molar-refractivity contribution in [2.45, 2.75) is 56.8 Å². The molecular weight excluding hydrogens is 301 g/mol. The Bertz CT molecular complexity index is 241. The van der Waals surface area contributed by atoms with E-state index in [9.17, 15) is 18.0 Å². The third-order valence-corrected chi connectivity index (χ3v) is 4.11. The van der Waals surface area contributed by atoms with E-state index in [2.05, 4.69) is 20.7 Å². The Hall–Kier alpha value is -0.100. The molecule has 1 unspecified atom stereocenters. The zero-order valence-electron chi connectivity index (χ0n) is 10.2. The van der Waals surface area contributed by atoms with Crippen LogP contribution in [0, 0.1) is 5.92 Å². The fourth-order valence-corrected chi connectivity index (χ4v) is 1.78. The van der Waals surface area contributed by atoms with Crippen LogP contribution in [0.15, 0.2) is 0 Å². The molecule has 0 aromatic heterocycles. The molecule has 102 valence electrons. The first-order valence-corrected chi connectivity index (χ1v) is 6.34. The van der Waals surface area contributed by atoms with E-state index in [0.29, 0.717) is 19.3 Å². The van der Waals surface area contributed by atoms with Gasteiger partial charge in [-0.15, -0.1) is 13.2 Å². The third-order valence-electron chi connectivity index (χ3n) is 2.54. The number of ether oxygens (including phenoxy) is 1. The zero-order valence-corrected chi connectivity index (χ0v) is 11.8. The van der Waals surface area contributed by atoms with Crippen molar-refractivity contribution in [1.29, 1.82) is 0 Å². The Labute approximate surface area is 108 Å². The molecule has 0 fully saturated rings. The molecule has 0 rings (SSSR count). The molecule has 0 saturated carbocycles. The summed E-state index contributed by atoms with van der Waals surface area (Å²) in [5.41, 5.74) is -1.32. The van der Waals surface area contributed by atoms with Crippen molar-refractivity contribution in [3.8, 4) is 0 Å². The number of hydrogen-bond acceptors (Lipinski definition) is 2. The predicted molar refractivity (Wildman–Crippen MR) is 63.0 cm³/mol. The van der Waals surface area contributed by atoms with E-state index in [1.165, 1.54) is 13.8 Å². The number of carbonyl (C=O) groups excluding carboxylic acids is 1. The summed E-state index contributed by atoms with van der Waals surface area (Å²) in [6.45, 7) is 4.68. The van der Waals surface area contributed by atoms with Crippen molar-refractivity contribution in [2.24, 2.45) is 5.92 Å². The standard InChI is InChI=1S/C11H18BrF3O2/c1-8(6-7-16)4-5-9(12)10(2,3)17-11(13,14)15/h7-9H,4-6H2,1-3H3/t8-,9?/m0/s1. The molecule has 2 nitrogen and oxygen atoms in total. The molecule has 0 radical (unpaired) electrons. The second-order valence-corrected chi connectivity index (χ2v) is 5.81. The molecule has 0 spiro atoms. The summed E-state index contributed by atoms with van der Waals surface area (Å²) in [7, 11) is 0. The van der Waals surface area contributed by atoms with Gasteiger partial charge in [0, 0.05) is 11.2 Å². The lowest BCUT2D eigenvalue weighted by Gasteiger charge is -2.31. The molecular formula is C11H18BrF3O2. The number of aldehydes is 1. The van der Waals surface area contributed by atoms with Gasteiger partial charge in [0.15, 0.2) is 0 Å². The van der Waals surface area contributed by atoms with E-state index >= 15 is 0 Å². The fourth-order valence-electron chi connectivity index (χ4n) is 1.42. The molecule has 0 aliphatic carbocycles. The Morgan fingerprint density at radius 2 is 1.82 bits per heavy atom. The molecule has 0 aliphatic heterocycles. The normalized spacial score (nSPS) is 16.6. The van der Waals surface area contributed by atoms with E-state index in [-0.39, 0.29) is 5.92 Å². The van der Waals surface area contributed by atoms with Crippen LogP contribution in [0.4, 0.5) is 13.2 Å². The predicted octanol–water partition coefficient (Wildman–Crippen LogP) is 4.07. The van der Waals surface area contributed by atoms with Crippen LogP contribution in [0.25, 0.3) is 0 Å². The fraction of sp³-hybridized carbons (Fsp3) is 0.909. The van der Waals surface area contributed by atoms with Crippen molar-refractivity contribution in [1.82, 2.24) is 0 Å². The van der Waals surface area contributed by atoms with Gasteiger partial charge in [-0.2, -0.15) is 0 Å². The largest absolute Gasteiger partial charge is 0.523 e. The van der Waals surface area contributed by atoms with Crippen LogP contribution >= 0.6 is 15.9 Å². The van der Waals surface area contributed by atoms with Gasteiger partial charge in [0.2, 0.25) is 0 Å². The van der Waals surface area contributed by atoms with Crippen molar-refractivity contribution in [3.05, 3.63) is 0 Å². The highest BCUT2D eigenvalue weighted by Crippen LogP contribution is 2.33. The van der Waals surface area contributed by atoms with E-state index in [1.54, 1.807) is 0 Å². The Kier molecular flexibility index (Phi) is 6.69. The van der Waals surface area contributed by atoms with Gasteiger partial charge in [0.05, 0.1) is 5.60 Å². The lowest BCUT2D eigenvalue weighted by atomic mass is 9.95. The maximum Gasteiger partial charge on any atom is 0.523 e. The van der Waals surface area contributed by atoms with Crippen LogP contribution in [-0.4, -0.2) is 23.1 Å². The van der Waals surface area contributed by atoms with Gasteiger partial charge in [-0.25, -0.2) is 0 Å². The summed E-state index contributed by atoms with van der Waals surface area (Å²) < 4.78 is 40.5. The smallest absolute Gasteiger partial charge is 0.303 e. The SMILES string of the molecule is C[C@H](CC=O)CCC(Br)C(C)(C)OC(F)(F)F. The van der Waals surface area contributed by atoms with Crippen LogP contribution in [0.2, 0.25) is 0 Å². The lowest BCUT2D eigenvalue weighted by Crippen LogP contribution is -2.40. The summed E-state index contributed by atoms with van der Waals surface area (Å²) in [4.78, 5) is 9.85. The molecule has 0 aromatic carbocycles. The van der Waals surface area contributed by atoms with E-state index in [0.717, 1.165) is 6.29 Å². The minimum Gasteiger partial charge on any atom is -0.303 e. The first-order valence-electron chi connectivity index (χ1n) is 5.43. The Morgan fingerprint density at radius 3 is 2.24 bits per heavy atom. The van der Waals surface area contributed by atoms with Crippen LogP contribution in [-0.2, 0) is 9.53 Å². The highest BCUT2D eigenvalue weighted by Gasteiger charge is 2.41. The summed E-state index contributed by atoms with van der Waals surface area (Å²) in [5, 5.41) is 0.